The maximum absolute atomic E-state index is 5.51. The summed E-state index contributed by atoms with van der Waals surface area (Å²) < 4.78 is 0. The predicted molar refractivity (Wildman–Crippen MR) is 51.0 cm³/mol. The molecule has 0 unspecified atom stereocenters. The van der Waals surface area contributed by atoms with Gasteiger partial charge in [-0.3, -0.25) is 4.84 Å². The van der Waals surface area contributed by atoms with E-state index in [1.165, 1.54) is 31.2 Å². The predicted octanol–water partition coefficient (Wildman–Crippen LogP) is 1.98. The first-order valence-corrected chi connectivity index (χ1v) is 4.95. The van der Waals surface area contributed by atoms with Crippen molar-refractivity contribution >= 4 is 0 Å². The van der Waals surface area contributed by atoms with Gasteiger partial charge in [0.1, 0.15) is 0 Å². The minimum absolute atomic E-state index is 0.443. The molecule has 1 aromatic rings. The number of rotatable bonds is 4. The lowest BCUT2D eigenvalue weighted by Crippen LogP contribution is -2.20. The molecule has 0 amide bonds. The van der Waals surface area contributed by atoms with Gasteiger partial charge in [-0.25, -0.2) is 0 Å². The number of hydroxylamine groups is 1. The molecule has 72 valence electrons. The van der Waals surface area contributed by atoms with E-state index in [9.17, 15) is 0 Å². The van der Waals surface area contributed by atoms with Crippen molar-refractivity contribution in [3.8, 4) is 0 Å². The zero-order valence-corrected chi connectivity index (χ0v) is 7.75. The number of hydrogen-bond acceptors (Lipinski definition) is 2. The lowest BCUT2D eigenvalue weighted by molar-refractivity contribution is -0.0243. The summed E-state index contributed by atoms with van der Waals surface area (Å²) in [4.78, 5) is 8.52. The van der Waals surface area contributed by atoms with E-state index in [4.69, 9.17) is 4.84 Å². The second kappa shape index (κ2) is 4.44. The lowest BCUT2D eigenvalue weighted by Gasteiger charge is -2.10. The van der Waals surface area contributed by atoms with Gasteiger partial charge in [0.05, 0.1) is 6.10 Å². The standard InChI is InChI=1S/C10H16N2O/c1-2-4-10(3-1)13-12-8-9-5-6-11-7-9/h5-7,10-12H,1-4,8H2. The Kier molecular flexibility index (Phi) is 3.00. The first kappa shape index (κ1) is 8.78. The number of hydrogen-bond donors (Lipinski definition) is 2. The van der Waals surface area contributed by atoms with Gasteiger partial charge in [0.15, 0.2) is 0 Å². The average Bonchev–Trinajstić information content (AvgIpc) is 2.75. The van der Waals surface area contributed by atoms with E-state index in [0.717, 1.165) is 6.54 Å². The zero-order chi connectivity index (χ0) is 8.93. The van der Waals surface area contributed by atoms with E-state index >= 15 is 0 Å². The van der Waals surface area contributed by atoms with E-state index in [0.29, 0.717) is 6.10 Å². The molecule has 0 bridgehead atoms. The van der Waals surface area contributed by atoms with Crippen LogP contribution in [0.15, 0.2) is 18.5 Å². The lowest BCUT2D eigenvalue weighted by atomic mass is 10.3. The van der Waals surface area contributed by atoms with Crippen LogP contribution >= 0.6 is 0 Å². The molecule has 1 saturated carbocycles. The topological polar surface area (TPSA) is 37.0 Å². The first-order chi connectivity index (χ1) is 6.45. The Balaban J connectivity index is 1.63. The number of aromatic amines is 1. The monoisotopic (exact) mass is 180 g/mol. The molecule has 0 aliphatic heterocycles. The molecule has 3 heteroatoms. The Labute approximate surface area is 78.4 Å². The maximum atomic E-state index is 5.51. The van der Waals surface area contributed by atoms with Crippen molar-refractivity contribution < 1.29 is 4.84 Å². The molecule has 13 heavy (non-hydrogen) atoms. The van der Waals surface area contributed by atoms with Gasteiger partial charge in [-0.15, -0.1) is 0 Å². The molecule has 2 rings (SSSR count). The summed E-state index contributed by atoms with van der Waals surface area (Å²) in [6, 6.07) is 2.05. The minimum atomic E-state index is 0.443. The van der Waals surface area contributed by atoms with Crippen molar-refractivity contribution in [1.29, 1.82) is 0 Å². The largest absolute Gasteiger partial charge is 0.367 e. The summed E-state index contributed by atoms with van der Waals surface area (Å²) in [5, 5.41) is 0. The fourth-order valence-corrected chi connectivity index (χ4v) is 1.72. The fourth-order valence-electron chi connectivity index (χ4n) is 1.72. The van der Waals surface area contributed by atoms with Gasteiger partial charge in [-0.1, -0.05) is 12.8 Å². The van der Waals surface area contributed by atoms with Gasteiger partial charge in [0.2, 0.25) is 0 Å². The van der Waals surface area contributed by atoms with Crippen LogP contribution in [-0.4, -0.2) is 11.1 Å². The molecule has 1 fully saturated rings. The van der Waals surface area contributed by atoms with Gasteiger partial charge in [0.25, 0.3) is 0 Å². The third-order valence-corrected chi connectivity index (χ3v) is 2.49. The normalized spacial score (nSPS) is 18.2. The van der Waals surface area contributed by atoms with Gasteiger partial charge >= 0.3 is 0 Å². The van der Waals surface area contributed by atoms with Crippen molar-refractivity contribution in [3.63, 3.8) is 0 Å². The highest BCUT2D eigenvalue weighted by molar-refractivity contribution is 5.07. The fraction of sp³-hybridized carbons (Fsp3) is 0.600. The second-order valence-corrected chi connectivity index (χ2v) is 3.56. The Morgan fingerprint density at radius 2 is 2.31 bits per heavy atom. The van der Waals surface area contributed by atoms with Crippen LogP contribution < -0.4 is 5.48 Å². The van der Waals surface area contributed by atoms with Crippen LogP contribution in [0.4, 0.5) is 0 Å². The van der Waals surface area contributed by atoms with Gasteiger partial charge in [-0.2, -0.15) is 5.48 Å². The summed E-state index contributed by atoms with van der Waals surface area (Å²) in [6.45, 7) is 0.792. The highest BCUT2D eigenvalue weighted by Crippen LogP contribution is 2.19. The van der Waals surface area contributed by atoms with E-state index in [1.807, 2.05) is 18.5 Å². The zero-order valence-electron chi connectivity index (χ0n) is 7.75. The number of aromatic nitrogens is 1. The molecular weight excluding hydrogens is 164 g/mol. The second-order valence-electron chi connectivity index (χ2n) is 3.56. The van der Waals surface area contributed by atoms with Crippen LogP contribution in [-0.2, 0) is 11.4 Å². The van der Waals surface area contributed by atoms with Gasteiger partial charge in [0, 0.05) is 18.9 Å². The van der Waals surface area contributed by atoms with E-state index in [1.54, 1.807) is 0 Å². The molecule has 3 nitrogen and oxygen atoms in total. The smallest absolute Gasteiger partial charge is 0.0790 e. The van der Waals surface area contributed by atoms with Crippen LogP contribution in [0.5, 0.6) is 0 Å². The third kappa shape index (κ3) is 2.57. The first-order valence-electron chi connectivity index (χ1n) is 4.95. The summed E-state index contributed by atoms with van der Waals surface area (Å²) in [5.41, 5.74) is 4.24. The highest BCUT2D eigenvalue weighted by Gasteiger charge is 2.15. The molecule has 0 saturated heterocycles. The third-order valence-electron chi connectivity index (χ3n) is 2.49. The molecule has 0 atom stereocenters. The van der Waals surface area contributed by atoms with E-state index in [-0.39, 0.29) is 0 Å². The summed E-state index contributed by atoms with van der Waals surface area (Å²) in [5.74, 6) is 0. The van der Waals surface area contributed by atoms with Crippen molar-refractivity contribution in [2.24, 2.45) is 0 Å². The SMILES string of the molecule is c1cc(CNOC2CCCC2)c[nH]1. The van der Waals surface area contributed by atoms with Crippen molar-refractivity contribution in [3.05, 3.63) is 24.0 Å². The number of nitrogens with one attached hydrogen (secondary N) is 2. The molecule has 0 spiro atoms. The molecule has 1 aromatic heterocycles. The van der Waals surface area contributed by atoms with E-state index < -0.39 is 0 Å². The molecule has 1 heterocycles. The Bertz CT molecular complexity index is 227. The minimum Gasteiger partial charge on any atom is -0.367 e. The Morgan fingerprint density at radius 1 is 1.46 bits per heavy atom. The molecule has 0 radical (unpaired) electrons. The average molecular weight is 180 g/mol. The Hall–Kier alpha value is -0.800. The molecular formula is C10H16N2O. The number of H-pyrrole nitrogens is 1. The van der Waals surface area contributed by atoms with Crippen LogP contribution in [0.1, 0.15) is 31.2 Å². The van der Waals surface area contributed by atoms with Crippen LogP contribution in [0.2, 0.25) is 0 Å². The van der Waals surface area contributed by atoms with Crippen LogP contribution in [0.25, 0.3) is 0 Å². The van der Waals surface area contributed by atoms with Crippen molar-refractivity contribution in [1.82, 2.24) is 10.5 Å². The van der Waals surface area contributed by atoms with E-state index in [2.05, 4.69) is 10.5 Å². The molecule has 2 N–H and O–H groups in total. The van der Waals surface area contributed by atoms with Gasteiger partial charge in [-0.05, 0) is 24.5 Å². The maximum Gasteiger partial charge on any atom is 0.0790 e. The highest BCUT2D eigenvalue weighted by atomic mass is 16.7. The summed E-state index contributed by atoms with van der Waals surface area (Å²) in [6.07, 6.45) is 9.39. The molecule has 0 aromatic carbocycles. The van der Waals surface area contributed by atoms with Crippen molar-refractivity contribution in [2.45, 2.75) is 38.3 Å². The Morgan fingerprint density at radius 3 is 3.00 bits per heavy atom. The quantitative estimate of drug-likeness (QED) is 0.695. The summed E-state index contributed by atoms with van der Waals surface area (Å²) >= 11 is 0. The van der Waals surface area contributed by atoms with Gasteiger partial charge < -0.3 is 4.98 Å². The summed E-state index contributed by atoms with van der Waals surface area (Å²) in [7, 11) is 0. The molecule has 1 aliphatic carbocycles. The molecule has 1 aliphatic rings. The van der Waals surface area contributed by atoms with Crippen LogP contribution in [0, 0.1) is 0 Å². The van der Waals surface area contributed by atoms with Crippen LogP contribution in [0.3, 0.4) is 0 Å². The van der Waals surface area contributed by atoms with Crippen molar-refractivity contribution in [2.75, 3.05) is 0 Å².